The zero-order valence-electron chi connectivity index (χ0n) is 13.8. The highest BCUT2D eigenvalue weighted by molar-refractivity contribution is 5.92. The second-order valence-electron chi connectivity index (χ2n) is 5.53. The number of benzene rings is 2. The number of hydrogen-bond acceptors (Lipinski definition) is 4. The van der Waals surface area contributed by atoms with Gasteiger partial charge >= 0.3 is 5.97 Å². The molecule has 3 rings (SSSR count). The molecule has 25 heavy (non-hydrogen) atoms. The first-order chi connectivity index (χ1) is 12.2. The summed E-state index contributed by atoms with van der Waals surface area (Å²) in [6, 6.07) is 19.4. The molecule has 0 aromatic heterocycles. The topological polar surface area (TPSA) is 46.6 Å². The SMILES string of the molecule is COC(=O)C1=CN(C(c2ccccc2)c2ccccc2)C(=C=O)C=C1. The molecule has 1 aliphatic heterocycles. The second kappa shape index (κ2) is 7.47. The van der Waals surface area contributed by atoms with E-state index in [-0.39, 0.29) is 6.04 Å². The fourth-order valence-corrected chi connectivity index (χ4v) is 2.84. The summed E-state index contributed by atoms with van der Waals surface area (Å²) in [7, 11) is 1.33. The molecule has 0 N–H and O–H groups in total. The summed E-state index contributed by atoms with van der Waals surface area (Å²) in [6.07, 6.45) is 4.78. The van der Waals surface area contributed by atoms with Crippen LogP contribution in [-0.4, -0.2) is 23.9 Å². The summed E-state index contributed by atoms with van der Waals surface area (Å²) >= 11 is 0. The number of methoxy groups -OCH3 is 1. The lowest BCUT2D eigenvalue weighted by Crippen LogP contribution is -2.27. The fraction of sp³-hybridized carbons (Fsp3) is 0.0952. The van der Waals surface area contributed by atoms with E-state index in [2.05, 4.69) is 0 Å². The van der Waals surface area contributed by atoms with Crippen molar-refractivity contribution >= 4 is 11.9 Å². The van der Waals surface area contributed by atoms with Crippen LogP contribution in [0.4, 0.5) is 0 Å². The Morgan fingerprint density at radius 3 is 2.00 bits per heavy atom. The first kappa shape index (κ1) is 16.5. The Hall–Kier alpha value is -3.36. The summed E-state index contributed by atoms with van der Waals surface area (Å²) < 4.78 is 4.81. The molecule has 1 aliphatic rings. The average Bonchev–Trinajstić information content (AvgIpc) is 2.69. The van der Waals surface area contributed by atoms with Crippen LogP contribution in [0.5, 0.6) is 0 Å². The average molecular weight is 331 g/mol. The zero-order valence-corrected chi connectivity index (χ0v) is 13.8. The normalized spacial score (nSPS) is 13.4. The van der Waals surface area contributed by atoms with Gasteiger partial charge in [0.2, 0.25) is 0 Å². The van der Waals surface area contributed by atoms with E-state index < -0.39 is 5.97 Å². The van der Waals surface area contributed by atoms with Crippen molar-refractivity contribution in [3.8, 4) is 0 Å². The Kier molecular flexibility index (Phi) is 4.93. The van der Waals surface area contributed by atoms with Gasteiger partial charge in [0.05, 0.1) is 18.7 Å². The Morgan fingerprint density at radius 1 is 0.960 bits per heavy atom. The maximum Gasteiger partial charge on any atom is 0.339 e. The first-order valence-corrected chi connectivity index (χ1v) is 7.86. The molecule has 0 saturated heterocycles. The summed E-state index contributed by atoms with van der Waals surface area (Å²) in [5.41, 5.74) is 2.72. The quantitative estimate of drug-likeness (QED) is 0.636. The fourth-order valence-electron chi connectivity index (χ4n) is 2.84. The van der Waals surface area contributed by atoms with Crippen molar-refractivity contribution < 1.29 is 14.3 Å². The molecule has 0 bridgehead atoms. The van der Waals surface area contributed by atoms with E-state index in [1.807, 2.05) is 66.6 Å². The van der Waals surface area contributed by atoms with Crippen LogP contribution in [0.3, 0.4) is 0 Å². The predicted molar refractivity (Wildman–Crippen MR) is 95.0 cm³/mol. The summed E-state index contributed by atoms with van der Waals surface area (Å²) in [5, 5.41) is 0. The van der Waals surface area contributed by atoms with Crippen LogP contribution in [0.1, 0.15) is 17.2 Å². The molecule has 124 valence electrons. The maximum absolute atomic E-state index is 11.9. The summed E-state index contributed by atoms with van der Waals surface area (Å²) in [4.78, 5) is 25.2. The molecule has 0 spiro atoms. The van der Waals surface area contributed by atoms with Gasteiger partial charge in [-0.2, -0.15) is 0 Å². The third-order valence-electron chi connectivity index (χ3n) is 4.01. The highest BCUT2D eigenvalue weighted by atomic mass is 16.5. The third-order valence-corrected chi connectivity index (χ3v) is 4.01. The third kappa shape index (κ3) is 3.44. The number of nitrogens with zero attached hydrogens (tertiary/aromatic N) is 1. The largest absolute Gasteiger partial charge is 0.465 e. The number of esters is 1. The number of ether oxygens (including phenoxy) is 1. The molecule has 0 amide bonds. The number of carbonyl (C=O) groups excluding carboxylic acids is 2. The van der Waals surface area contributed by atoms with Gasteiger partial charge in [0.1, 0.15) is 5.70 Å². The molecule has 0 unspecified atom stereocenters. The van der Waals surface area contributed by atoms with Crippen LogP contribution in [0.15, 0.2) is 90.3 Å². The number of allylic oxidation sites excluding steroid dienone is 1. The monoisotopic (exact) mass is 331 g/mol. The van der Waals surface area contributed by atoms with Gasteiger partial charge in [-0.25, -0.2) is 9.59 Å². The van der Waals surface area contributed by atoms with Gasteiger partial charge in [-0.1, -0.05) is 60.7 Å². The molecule has 0 atom stereocenters. The molecular formula is C21H17NO3. The van der Waals surface area contributed by atoms with Crippen molar-refractivity contribution in [3.05, 3.63) is 101 Å². The van der Waals surface area contributed by atoms with Crippen LogP contribution < -0.4 is 0 Å². The van der Waals surface area contributed by atoms with Gasteiger partial charge in [-0.3, -0.25) is 0 Å². The molecule has 2 aromatic carbocycles. The highest BCUT2D eigenvalue weighted by Gasteiger charge is 2.26. The first-order valence-electron chi connectivity index (χ1n) is 7.86. The second-order valence-corrected chi connectivity index (χ2v) is 5.53. The maximum atomic E-state index is 11.9. The minimum absolute atomic E-state index is 0.261. The van der Waals surface area contributed by atoms with Crippen molar-refractivity contribution in [2.24, 2.45) is 0 Å². The molecule has 0 saturated carbocycles. The van der Waals surface area contributed by atoms with Crippen molar-refractivity contribution in [2.45, 2.75) is 6.04 Å². The molecule has 0 radical (unpaired) electrons. The lowest BCUT2D eigenvalue weighted by atomic mass is 9.95. The van der Waals surface area contributed by atoms with Crippen molar-refractivity contribution in [2.75, 3.05) is 7.11 Å². The van der Waals surface area contributed by atoms with Crippen molar-refractivity contribution in [1.82, 2.24) is 4.90 Å². The van der Waals surface area contributed by atoms with Crippen LogP contribution >= 0.6 is 0 Å². The molecule has 1 heterocycles. The van der Waals surface area contributed by atoms with Crippen LogP contribution in [0.25, 0.3) is 0 Å². The smallest absolute Gasteiger partial charge is 0.339 e. The van der Waals surface area contributed by atoms with E-state index in [1.165, 1.54) is 7.11 Å². The van der Waals surface area contributed by atoms with Gasteiger partial charge < -0.3 is 9.64 Å². The van der Waals surface area contributed by atoms with Crippen molar-refractivity contribution in [3.63, 3.8) is 0 Å². The molecule has 2 aromatic rings. The highest BCUT2D eigenvalue weighted by Crippen LogP contribution is 2.34. The predicted octanol–water partition coefficient (Wildman–Crippen LogP) is 3.42. The van der Waals surface area contributed by atoms with Crippen LogP contribution in [-0.2, 0) is 14.3 Å². The minimum atomic E-state index is -0.453. The molecule has 4 heteroatoms. The van der Waals surface area contributed by atoms with E-state index in [4.69, 9.17) is 4.74 Å². The lowest BCUT2D eigenvalue weighted by Gasteiger charge is -2.32. The Bertz CT molecular complexity index is 823. The van der Waals surface area contributed by atoms with E-state index in [0.29, 0.717) is 11.3 Å². The van der Waals surface area contributed by atoms with E-state index in [0.717, 1.165) is 11.1 Å². The summed E-state index contributed by atoms with van der Waals surface area (Å²) in [6.45, 7) is 0. The van der Waals surface area contributed by atoms with E-state index >= 15 is 0 Å². The van der Waals surface area contributed by atoms with E-state index in [1.54, 1.807) is 23.3 Å². The number of rotatable bonds is 4. The Labute approximate surface area is 146 Å². The van der Waals surface area contributed by atoms with Gasteiger partial charge in [-0.15, -0.1) is 0 Å². The summed E-state index contributed by atoms with van der Waals surface area (Å²) in [5.74, 6) is 1.51. The van der Waals surface area contributed by atoms with Gasteiger partial charge in [0.15, 0.2) is 5.94 Å². The number of carbonyl (C=O) groups is 1. The van der Waals surface area contributed by atoms with Gasteiger partial charge in [0.25, 0.3) is 0 Å². The molecule has 0 fully saturated rings. The number of hydrogen-bond donors (Lipinski definition) is 0. The van der Waals surface area contributed by atoms with Crippen LogP contribution in [0.2, 0.25) is 0 Å². The molecule has 0 aliphatic carbocycles. The lowest BCUT2D eigenvalue weighted by molar-refractivity contribution is -0.135. The van der Waals surface area contributed by atoms with Crippen LogP contribution in [0, 0.1) is 0 Å². The zero-order chi connectivity index (χ0) is 17.6. The van der Waals surface area contributed by atoms with Crippen molar-refractivity contribution in [1.29, 1.82) is 0 Å². The van der Waals surface area contributed by atoms with E-state index in [9.17, 15) is 9.59 Å². The van der Waals surface area contributed by atoms with Gasteiger partial charge in [-0.05, 0) is 23.3 Å². The Balaban J connectivity index is 2.14. The molecule has 4 nitrogen and oxygen atoms in total. The Morgan fingerprint density at radius 2 is 1.52 bits per heavy atom. The standard InChI is InChI=1S/C21H17NO3/c1-25-21(24)18-12-13-19(15-23)22(14-18)20(16-8-4-2-5-9-16)17-10-6-3-7-11-17/h2-14,20H,1H3. The van der Waals surface area contributed by atoms with Gasteiger partial charge in [0, 0.05) is 6.20 Å². The minimum Gasteiger partial charge on any atom is -0.465 e. The molecular weight excluding hydrogens is 314 g/mol.